The third-order valence-electron chi connectivity index (χ3n) is 2.89. The molecule has 0 saturated heterocycles. The van der Waals surface area contributed by atoms with Crippen LogP contribution in [0.5, 0.6) is 0 Å². The normalized spacial score (nSPS) is 10.8. The molecule has 0 aliphatic rings. The van der Waals surface area contributed by atoms with Gasteiger partial charge in [0.05, 0.1) is 9.21 Å². The Morgan fingerprint density at radius 2 is 2.19 bits per heavy atom. The Morgan fingerprint density at radius 1 is 1.38 bits per heavy atom. The minimum absolute atomic E-state index is 0.122. The Bertz CT molecular complexity index is 825. The number of pyridine rings is 1. The highest BCUT2D eigenvalue weighted by molar-refractivity contribution is 7.19. The van der Waals surface area contributed by atoms with Gasteiger partial charge in [0.2, 0.25) is 0 Å². The first-order chi connectivity index (χ1) is 10.0. The van der Waals surface area contributed by atoms with Gasteiger partial charge >= 0.3 is 5.97 Å². The van der Waals surface area contributed by atoms with Crippen molar-refractivity contribution in [1.29, 1.82) is 0 Å². The van der Waals surface area contributed by atoms with E-state index in [0.29, 0.717) is 20.7 Å². The number of aromatic carboxylic acids is 1. The zero-order valence-corrected chi connectivity index (χ0v) is 12.5. The molecule has 0 aliphatic heterocycles. The molecule has 0 fully saturated rings. The quantitative estimate of drug-likeness (QED) is 0.800. The van der Waals surface area contributed by atoms with Gasteiger partial charge in [0.1, 0.15) is 11.3 Å². The largest absolute Gasteiger partial charge is 0.478 e. The molecule has 7 heteroatoms. The van der Waals surface area contributed by atoms with Gasteiger partial charge in [-0.1, -0.05) is 11.6 Å². The van der Waals surface area contributed by atoms with Crippen LogP contribution < -0.4 is 0 Å². The van der Waals surface area contributed by atoms with E-state index in [2.05, 4.69) is 10.1 Å². The highest BCUT2D eigenvalue weighted by atomic mass is 35.5. The van der Waals surface area contributed by atoms with Crippen molar-refractivity contribution in [3.05, 3.63) is 52.1 Å². The Morgan fingerprint density at radius 3 is 2.81 bits per heavy atom. The van der Waals surface area contributed by atoms with Crippen LogP contribution in [0.25, 0.3) is 16.4 Å². The summed E-state index contributed by atoms with van der Waals surface area (Å²) in [4.78, 5) is 16.3. The Hall–Kier alpha value is -2.18. The molecule has 106 valence electrons. The van der Waals surface area contributed by atoms with Gasteiger partial charge in [-0.2, -0.15) is 5.10 Å². The van der Waals surface area contributed by atoms with Crippen molar-refractivity contribution in [3.8, 4) is 16.4 Å². The summed E-state index contributed by atoms with van der Waals surface area (Å²) in [6.45, 7) is 1.94. The maximum Gasteiger partial charge on any atom is 0.339 e. The molecular weight excluding hydrogens is 310 g/mol. The van der Waals surface area contributed by atoms with E-state index in [9.17, 15) is 9.90 Å². The van der Waals surface area contributed by atoms with Crippen molar-refractivity contribution in [2.75, 3.05) is 0 Å². The molecular formula is C14H10ClN3O2S. The number of aryl methyl sites for hydroxylation is 1. The van der Waals surface area contributed by atoms with Crippen molar-refractivity contribution in [2.24, 2.45) is 0 Å². The lowest BCUT2D eigenvalue weighted by molar-refractivity contribution is 0.0697. The van der Waals surface area contributed by atoms with Gasteiger partial charge in [0.25, 0.3) is 0 Å². The smallest absolute Gasteiger partial charge is 0.339 e. The van der Waals surface area contributed by atoms with Gasteiger partial charge < -0.3 is 5.11 Å². The fraction of sp³-hybridized carbons (Fsp3) is 0.0714. The van der Waals surface area contributed by atoms with E-state index in [1.165, 1.54) is 22.2 Å². The van der Waals surface area contributed by atoms with E-state index >= 15 is 0 Å². The standard InChI is InChI=1S/C14H10ClN3O2S/c1-8-4-5-16-12(6-8)18-7-9(14(19)20)13(17-18)10-2-3-11(15)21-10/h2-7H,1H3,(H,19,20). The van der Waals surface area contributed by atoms with Gasteiger partial charge in [-0.05, 0) is 36.8 Å². The zero-order valence-electron chi connectivity index (χ0n) is 10.9. The number of hydrogen-bond acceptors (Lipinski definition) is 4. The third kappa shape index (κ3) is 2.68. The lowest BCUT2D eigenvalue weighted by Gasteiger charge is -2.00. The van der Waals surface area contributed by atoms with Gasteiger partial charge in [0, 0.05) is 12.4 Å². The topological polar surface area (TPSA) is 68.0 Å². The molecule has 3 aromatic heterocycles. The van der Waals surface area contributed by atoms with Crippen molar-refractivity contribution in [2.45, 2.75) is 6.92 Å². The second-order valence-corrected chi connectivity index (χ2v) is 6.15. The molecule has 0 radical (unpaired) electrons. The maximum atomic E-state index is 11.4. The molecule has 0 spiro atoms. The van der Waals surface area contributed by atoms with E-state index < -0.39 is 5.97 Å². The van der Waals surface area contributed by atoms with E-state index in [1.54, 1.807) is 18.3 Å². The van der Waals surface area contributed by atoms with Crippen molar-refractivity contribution in [3.63, 3.8) is 0 Å². The van der Waals surface area contributed by atoms with E-state index in [-0.39, 0.29) is 5.56 Å². The number of carboxylic acid groups (broad SMARTS) is 1. The van der Waals surface area contributed by atoms with Gasteiger partial charge in [-0.25, -0.2) is 14.5 Å². The summed E-state index contributed by atoms with van der Waals surface area (Å²) in [7, 11) is 0. The number of aromatic nitrogens is 3. The van der Waals surface area contributed by atoms with Gasteiger partial charge in [-0.15, -0.1) is 11.3 Å². The van der Waals surface area contributed by atoms with Gasteiger partial charge in [0.15, 0.2) is 5.82 Å². The number of hydrogen-bond donors (Lipinski definition) is 1. The molecule has 0 atom stereocenters. The summed E-state index contributed by atoms with van der Waals surface area (Å²) < 4.78 is 2.06. The summed E-state index contributed by atoms with van der Waals surface area (Å²) >= 11 is 7.20. The van der Waals surface area contributed by atoms with Crippen LogP contribution >= 0.6 is 22.9 Å². The molecule has 1 N–H and O–H groups in total. The maximum absolute atomic E-state index is 11.4. The van der Waals surface area contributed by atoms with Crippen LogP contribution in [-0.2, 0) is 0 Å². The van der Waals surface area contributed by atoms with Crippen molar-refractivity contribution < 1.29 is 9.90 Å². The highest BCUT2D eigenvalue weighted by Crippen LogP contribution is 2.32. The molecule has 0 amide bonds. The molecule has 3 heterocycles. The highest BCUT2D eigenvalue weighted by Gasteiger charge is 2.19. The summed E-state index contributed by atoms with van der Waals surface area (Å²) in [5.41, 5.74) is 1.53. The monoisotopic (exact) mass is 319 g/mol. The minimum atomic E-state index is -1.03. The first-order valence-electron chi connectivity index (χ1n) is 6.06. The summed E-state index contributed by atoms with van der Waals surface area (Å²) in [5.74, 6) is -0.458. The minimum Gasteiger partial charge on any atom is -0.478 e. The predicted octanol–water partition coefficient (Wildman–Crippen LogP) is 3.66. The van der Waals surface area contributed by atoms with Crippen LogP contribution in [0, 0.1) is 6.92 Å². The third-order valence-corrected chi connectivity index (χ3v) is 4.12. The van der Waals surface area contributed by atoms with Gasteiger partial charge in [-0.3, -0.25) is 0 Å². The number of nitrogens with zero attached hydrogens (tertiary/aromatic N) is 3. The second kappa shape index (κ2) is 5.31. The van der Waals surface area contributed by atoms with Crippen LogP contribution in [0.4, 0.5) is 0 Å². The molecule has 3 aromatic rings. The molecule has 0 saturated carbocycles. The predicted molar refractivity (Wildman–Crippen MR) is 81.4 cm³/mol. The fourth-order valence-electron chi connectivity index (χ4n) is 1.92. The first kappa shape index (κ1) is 13.8. The number of carboxylic acids is 1. The summed E-state index contributed by atoms with van der Waals surface area (Å²) in [6.07, 6.45) is 3.13. The number of halogens is 1. The number of carbonyl (C=O) groups is 1. The Labute approximate surface area is 129 Å². The molecule has 0 bridgehead atoms. The Kier molecular flexibility index (Phi) is 3.48. The van der Waals surface area contributed by atoms with Crippen molar-refractivity contribution in [1.82, 2.24) is 14.8 Å². The lowest BCUT2D eigenvalue weighted by Crippen LogP contribution is -1.98. The number of rotatable bonds is 3. The Balaban J connectivity index is 2.15. The second-order valence-electron chi connectivity index (χ2n) is 4.44. The van der Waals surface area contributed by atoms with Crippen LogP contribution in [0.1, 0.15) is 15.9 Å². The lowest BCUT2D eigenvalue weighted by atomic mass is 10.2. The van der Waals surface area contributed by atoms with E-state index in [4.69, 9.17) is 11.6 Å². The zero-order chi connectivity index (χ0) is 15.0. The molecule has 0 aromatic carbocycles. The average molecular weight is 320 g/mol. The molecule has 3 rings (SSSR count). The number of thiophene rings is 1. The SMILES string of the molecule is Cc1ccnc(-n2cc(C(=O)O)c(-c3ccc(Cl)s3)n2)c1. The molecule has 0 aliphatic carbocycles. The van der Waals surface area contributed by atoms with Crippen LogP contribution in [0.2, 0.25) is 4.34 Å². The van der Waals surface area contributed by atoms with Crippen LogP contribution in [0.15, 0.2) is 36.7 Å². The molecule has 5 nitrogen and oxygen atoms in total. The average Bonchev–Trinajstić information content (AvgIpc) is 3.04. The molecule has 0 unspecified atom stereocenters. The summed E-state index contributed by atoms with van der Waals surface area (Å²) in [5, 5.41) is 13.7. The van der Waals surface area contributed by atoms with E-state index in [0.717, 1.165) is 5.56 Å². The van der Waals surface area contributed by atoms with Crippen molar-refractivity contribution >= 4 is 28.9 Å². The molecule has 21 heavy (non-hydrogen) atoms. The first-order valence-corrected chi connectivity index (χ1v) is 7.26. The fourth-order valence-corrected chi connectivity index (χ4v) is 2.96. The summed E-state index contributed by atoms with van der Waals surface area (Å²) in [6, 6.07) is 7.18. The van der Waals surface area contributed by atoms with E-state index in [1.807, 2.05) is 19.1 Å². The van der Waals surface area contributed by atoms with Crippen LogP contribution in [0.3, 0.4) is 0 Å². The van der Waals surface area contributed by atoms with Crippen LogP contribution in [-0.4, -0.2) is 25.8 Å².